The van der Waals surface area contributed by atoms with E-state index in [-0.39, 0.29) is 24.5 Å². The van der Waals surface area contributed by atoms with Crippen molar-refractivity contribution in [2.75, 3.05) is 5.32 Å². The third-order valence-electron chi connectivity index (χ3n) is 4.79. The average molecular weight is 321 g/mol. The van der Waals surface area contributed by atoms with Gasteiger partial charge in [-0.2, -0.15) is 0 Å². The minimum absolute atomic E-state index is 0.0416. The van der Waals surface area contributed by atoms with Gasteiger partial charge >= 0.3 is 0 Å². The van der Waals surface area contributed by atoms with Crippen LogP contribution in [0.2, 0.25) is 0 Å². The summed E-state index contributed by atoms with van der Waals surface area (Å²) < 4.78 is 0. The summed E-state index contributed by atoms with van der Waals surface area (Å²) in [5, 5.41) is 2.87. The Morgan fingerprint density at radius 3 is 2.50 bits per heavy atom. The molecule has 1 amide bonds. The molecule has 0 atom stereocenters. The molecule has 2 aromatic carbocycles. The summed E-state index contributed by atoms with van der Waals surface area (Å²) in [6.07, 6.45) is 3.80. The molecule has 0 unspecified atom stereocenters. The van der Waals surface area contributed by atoms with Crippen molar-refractivity contribution in [3.05, 3.63) is 64.2 Å². The van der Waals surface area contributed by atoms with Crippen molar-refractivity contribution in [3.63, 3.8) is 0 Å². The van der Waals surface area contributed by atoms with Crippen LogP contribution in [0.5, 0.6) is 0 Å². The summed E-state index contributed by atoms with van der Waals surface area (Å²) in [4.78, 5) is 24.4. The zero-order valence-electron chi connectivity index (χ0n) is 14.3. The second-order valence-electron chi connectivity index (χ2n) is 6.61. The fraction of sp³-hybridized carbons (Fsp3) is 0.333. The highest BCUT2D eigenvalue weighted by atomic mass is 16.2. The van der Waals surface area contributed by atoms with Gasteiger partial charge in [-0.05, 0) is 73.6 Å². The van der Waals surface area contributed by atoms with Gasteiger partial charge in [0.2, 0.25) is 5.91 Å². The first kappa shape index (κ1) is 16.4. The first-order valence-electron chi connectivity index (χ1n) is 8.55. The topological polar surface area (TPSA) is 46.2 Å². The van der Waals surface area contributed by atoms with Crippen molar-refractivity contribution in [1.82, 2.24) is 0 Å². The van der Waals surface area contributed by atoms with Gasteiger partial charge in [0.15, 0.2) is 5.78 Å². The predicted octanol–water partition coefficient (Wildman–Crippen LogP) is 4.39. The van der Waals surface area contributed by atoms with E-state index in [9.17, 15) is 9.59 Å². The van der Waals surface area contributed by atoms with Crippen LogP contribution in [0.4, 0.5) is 5.69 Å². The number of aryl methyl sites for hydroxylation is 4. The molecule has 0 fully saturated rings. The summed E-state index contributed by atoms with van der Waals surface area (Å²) in [5.74, 6) is -0.0762. The number of amides is 1. The van der Waals surface area contributed by atoms with E-state index in [4.69, 9.17) is 0 Å². The molecule has 2 aromatic rings. The quantitative estimate of drug-likeness (QED) is 0.830. The molecule has 1 N–H and O–H groups in total. The van der Waals surface area contributed by atoms with Crippen LogP contribution in [0.15, 0.2) is 36.4 Å². The van der Waals surface area contributed by atoms with E-state index in [2.05, 4.69) is 11.4 Å². The lowest BCUT2D eigenvalue weighted by Crippen LogP contribution is -2.13. The van der Waals surface area contributed by atoms with E-state index >= 15 is 0 Å². The minimum atomic E-state index is -0.118. The Bertz CT molecular complexity index is 792. The first-order chi connectivity index (χ1) is 11.5. The molecule has 0 saturated heterocycles. The highest BCUT2D eigenvalue weighted by Gasteiger charge is 2.15. The van der Waals surface area contributed by atoms with Crippen molar-refractivity contribution in [2.45, 2.75) is 46.0 Å². The number of Topliss-reactive ketones (excluding diaryl/α,β-unsaturated/α-hetero) is 1. The first-order valence-corrected chi connectivity index (χ1v) is 8.55. The zero-order valence-corrected chi connectivity index (χ0v) is 14.3. The van der Waals surface area contributed by atoms with Gasteiger partial charge in [0.1, 0.15) is 0 Å². The molecule has 3 nitrogen and oxygen atoms in total. The summed E-state index contributed by atoms with van der Waals surface area (Å²) in [6, 6.07) is 11.8. The fourth-order valence-electron chi connectivity index (χ4n) is 3.16. The largest absolute Gasteiger partial charge is 0.326 e. The number of hydrogen-bond donors (Lipinski definition) is 1. The lowest BCUT2D eigenvalue weighted by Gasteiger charge is -2.08. The van der Waals surface area contributed by atoms with E-state index in [1.165, 1.54) is 23.1 Å². The highest BCUT2D eigenvalue weighted by molar-refractivity contribution is 6.00. The number of benzene rings is 2. The summed E-state index contributed by atoms with van der Waals surface area (Å²) in [7, 11) is 0. The molecule has 0 aromatic heterocycles. The average Bonchev–Trinajstić information content (AvgIpc) is 3.03. The maximum Gasteiger partial charge on any atom is 0.224 e. The fourth-order valence-corrected chi connectivity index (χ4v) is 3.16. The maximum atomic E-state index is 12.3. The van der Waals surface area contributed by atoms with E-state index in [0.717, 1.165) is 29.7 Å². The minimum Gasteiger partial charge on any atom is -0.326 e. The standard InChI is InChI=1S/C21H23NO2/c1-14-6-9-19(12-15(14)2)22-21(24)11-10-20(23)18-8-7-16-4-3-5-17(16)13-18/h6-9,12-13H,3-5,10-11H2,1-2H3,(H,22,24). The Labute approximate surface area is 143 Å². The lowest BCUT2D eigenvalue weighted by molar-refractivity contribution is -0.116. The molecular formula is C21H23NO2. The van der Waals surface area contributed by atoms with Gasteiger partial charge in [-0.1, -0.05) is 18.2 Å². The van der Waals surface area contributed by atoms with Crippen LogP contribution in [-0.4, -0.2) is 11.7 Å². The Hall–Kier alpha value is -2.42. The van der Waals surface area contributed by atoms with Crippen molar-refractivity contribution >= 4 is 17.4 Å². The molecule has 0 heterocycles. The van der Waals surface area contributed by atoms with E-state index in [0.29, 0.717) is 0 Å². The number of rotatable bonds is 5. The molecule has 0 bridgehead atoms. The normalized spacial score (nSPS) is 12.8. The molecule has 124 valence electrons. The molecule has 1 aliphatic carbocycles. The van der Waals surface area contributed by atoms with Crippen molar-refractivity contribution in [1.29, 1.82) is 0 Å². The van der Waals surface area contributed by atoms with Crippen molar-refractivity contribution in [2.24, 2.45) is 0 Å². The SMILES string of the molecule is Cc1ccc(NC(=O)CCC(=O)c2ccc3c(c2)CCC3)cc1C. The van der Waals surface area contributed by atoms with Gasteiger partial charge in [-0.3, -0.25) is 9.59 Å². The molecule has 3 heteroatoms. The van der Waals surface area contributed by atoms with Crippen LogP contribution in [0.25, 0.3) is 0 Å². The van der Waals surface area contributed by atoms with Gasteiger partial charge < -0.3 is 5.32 Å². The van der Waals surface area contributed by atoms with Gasteiger partial charge in [-0.25, -0.2) is 0 Å². The molecule has 3 rings (SSSR count). The third-order valence-corrected chi connectivity index (χ3v) is 4.79. The summed E-state index contributed by atoms with van der Waals surface area (Å²) in [5.41, 5.74) is 6.50. The third kappa shape index (κ3) is 3.73. The van der Waals surface area contributed by atoms with E-state index < -0.39 is 0 Å². The Kier molecular flexibility index (Phi) is 4.79. The van der Waals surface area contributed by atoms with Gasteiger partial charge in [0.05, 0.1) is 0 Å². The summed E-state index contributed by atoms with van der Waals surface area (Å²) >= 11 is 0. The summed E-state index contributed by atoms with van der Waals surface area (Å²) in [6.45, 7) is 4.05. The van der Waals surface area contributed by atoms with Crippen molar-refractivity contribution < 1.29 is 9.59 Å². The number of ketones is 1. The van der Waals surface area contributed by atoms with E-state index in [1.807, 2.05) is 44.2 Å². The van der Waals surface area contributed by atoms with Crippen LogP contribution in [0, 0.1) is 13.8 Å². The second-order valence-corrected chi connectivity index (χ2v) is 6.61. The monoisotopic (exact) mass is 321 g/mol. The molecular weight excluding hydrogens is 298 g/mol. The van der Waals surface area contributed by atoms with Gasteiger partial charge in [0, 0.05) is 24.1 Å². The maximum absolute atomic E-state index is 12.3. The molecule has 0 spiro atoms. The second kappa shape index (κ2) is 7.00. The number of carbonyl (C=O) groups is 2. The van der Waals surface area contributed by atoms with Crippen LogP contribution >= 0.6 is 0 Å². The van der Waals surface area contributed by atoms with Crippen LogP contribution in [-0.2, 0) is 17.6 Å². The molecule has 0 saturated carbocycles. The van der Waals surface area contributed by atoms with Crippen LogP contribution in [0.1, 0.15) is 51.9 Å². The smallest absolute Gasteiger partial charge is 0.224 e. The number of carbonyl (C=O) groups excluding carboxylic acids is 2. The number of hydrogen-bond acceptors (Lipinski definition) is 2. The number of nitrogens with one attached hydrogen (secondary N) is 1. The van der Waals surface area contributed by atoms with E-state index in [1.54, 1.807) is 0 Å². The Morgan fingerprint density at radius 2 is 1.71 bits per heavy atom. The molecule has 0 aliphatic heterocycles. The number of anilines is 1. The predicted molar refractivity (Wildman–Crippen MR) is 96.6 cm³/mol. The zero-order chi connectivity index (χ0) is 17.1. The van der Waals surface area contributed by atoms with Crippen LogP contribution in [0.3, 0.4) is 0 Å². The Balaban J connectivity index is 1.55. The number of fused-ring (bicyclic) bond motifs is 1. The highest BCUT2D eigenvalue weighted by Crippen LogP contribution is 2.23. The van der Waals surface area contributed by atoms with Crippen LogP contribution < -0.4 is 5.32 Å². The van der Waals surface area contributed by atoms with Gasteiger partial charge in [-0.15, -0.1) is 0 Å². The van der Waals surface area contributed by atoms with Gasteiger partial charge in [0.25, 0.3) is 0 Å². The molecule has 24 heavy (non-hydrogen) atoms. The molecule has 1 aliphatic rings. The lowest BCUT2D eigenvalue weighted by atomic mass is 10.0. The Morgan fingerprint density at radius 1 is 0.917 bits per heavy atom. The van der Waals surface area contributed by atoms with Crippen molar-refractivity contribution in [3.8, 4) is 0 Å². The molecule has 0 radical (unpaired) electrons.